The average Bonchev–Trinajstić information content (AvgIpc) is 2.86. The maximum absolute atomic E-state index is 12.6. The van der Waals surface area contributed by atoms with Gasteiger partial charge in [0.2, 0.25) is 5.91 Å². The summed E-state index contributed by atoms with van der Waals surface area (Å²) < 4.78 is 0. The van der Waals surface area contributed by atoms with Crippen LogP contribution in [0.2, 0.25) is 0 Å². The first kappa shape index (κ1) is 18.1. The van der Waals surface area contributed by atoms with Gasteiger partial charge in [0.05, 0.1) is 0 Å². The van der Waals surface area contributed by atoms with Crippen LogP contribution in [0.25, 0.3) is 0 Å². The smallest absolute Gasteiger partial charge is 0.222 e. The number of hydrogen-bond acceptors (Lipinski definition) is 2. The van der Waals surface area contributed by atoms with Crippen LogP contribution in [0.4, 0.5) is 0 Å². The van der Waals surface area contributed by atoms with Gasteiger partial charge in [-0.15, -0.1) is 12.4 Å². The van der Waals surface area contributed by atoms with Gasteiger partial charge in [-0.1, -0.05) is 39.0 Å². The molecule has 3 nitrogen and oxygen atoms in total. The molecule has 1 aliphatic carbocycles. The maximum atomic E-state index is 12.6. The summed E-state index contributed by atoms with van der Waals surface area (Å²) in [4.78, 5) is 14.8. The monoisotopic (exact) mass is 328 g/mol. The van der Waals surface area contributed by atoms with Crippen LogP contribution in [-0.4, -0.2) is 37.0 Å². The molecule has 0 aromatic rings. The molecule has 3 aliphatic rings. The summed E-state index contributed by atoms with van der Waals surface area (Å²) in [6.45, 7) is 6.65. The molecule has 0 bridgehead atoms. The van der Waals surface area contributed by atoms with Crippen LogP contribution in [0.1, 0.15) is 58.3 Å². The summed E-state index contributed by atoms with van der Waals surface area (Å²) in [7, 11) is 0. The number of carbonyl (C=O) groups is 1. The molecular formula is C18H33ClN2O. The number of likely N-dealkylation sites (tertiary alicyclic amines) is 1. The lowest BCUT2D eigenvalue weighted by molar-refractivity contribution is -0.132. The molecule has 1 saturated carbocycles. The molecule has 2 heterocycles. The van der Waals surface area contributed by atoms with Gasteiger partial charge in [0.15, 0.2) is 0 Å². The fraction of sp³-hybridized carbons (Fsp3) is 0.944. The number of nitrogens with zero attached hydrogens (tertiary/aromatic N) is 1. The Labute approximate surface area is 142 Å². The van der Waals surface area contributed by atoms with Crippen molar-refractivity contribution < 1.29 is 4.79 Å². The minimum absolute atomic E-state index is 0. The highest BCUT2D eigenvalue weighted by atomic mass is 35.5. The third kappa shape index (κ3) is 4.38. The zero-order chi connectivity index (χ0) is 14.7. The van der Waals surface area contributed by atoms with Gasteiger partial charge in [0.25, 0.3) is 0 Å². The molecule has 1 N–H and O–H groups in total. The fourth-order valence-corrected chi connectivity index (χ4v) is 4.74. The highest BCUT2D eigenvalue weighted by Gasteiger charge is 2.32. The van der Waals surface area contributed by atoms with E-state index >= 15 is 0 Å². The normalized spacial score (nSPS) is 31.0. The van der Waals surface area contributed by atoms with Crippen molar-refractivity contribution in [1.82, 2.24) is 10.2 Å². The van der Waals surface area contributed by atoms with E-state index in [0.29, 0.717) is 11.8 Å². The molecule has 1 unspecified atom stereocenters. The topological polar surface area (TPSA) is 32.3 Å². The number of rotatable bonds is 3. The van der Waals surface area contributed by atoms with Crippen LogP contribution < -0.4 is 5.32 Å². The second-order valence-corrected chi connectivity index (χ2v) is 7.72. The molecule has 128 valence electrons. The lowest BCUT2D eigenvalue weighted by Crippen LogP contribution is -2.34. The van der Waals surface area contributed by atoms with E-state index in [4.69, 9.17) is 0 Å². The molecule has 22 heavy (non-hydrogen) atoms. The van der Waals surface area contributed by atoms with E-state index in [2.05, 4.69) is 17.1 Å². The molecule has 0 aromatic carbocycles. The minimum Gasteiger partial charge on any atom is -0.343 e. The Morgan fingerprint density at radius 1 is 1.05 bits per heavy atom. The number of fused-ring (bicyclic) bond motifs is 1. The Kier molecular flexibility index (Phi) is 7.01. The van der Waals surface area contributed by atoms with E-state index in [-0.39, 0.29) is 12.4 Å². The summed E-state index contributed by atoms with van der Waals surface area (Å²) in [5.41, 5.74) is 0. The van der Waals surface area contributed by atoms with Gasteiger partial charge in [-0.05, 0) is 49.6 Å². The van der Waals surface area contributed by atoms with Crippen LogP contribution in [0.15, 0.2) is 0 Å². The van der Waals surface area contributed by atoms with Crippen molar-refractivity contribution in [2.24, 2.45) is 23.7 Å². The summed E-state index contributed by atoms with van der Waals surface area (Å²) in [6, 6.07) is 0. The number of amides is 1. The van der Waals surface area contributed by atoms with Crippen LogP contribution in [0.3, 0.4) is 0 Å². The van der Waals surface area contributed by atoms with E-state index < -0.39 is 0 Å². The van der Waals surface area contributed by atoms with Gasteiger partial charge in [0.1, 0.15) is 0 Å². The second-order valence-electron chi connectivity index (χ2n) is 7.72. The van der Waals surface area contributed by atoms with Gasteiger partial charge >= 0.3 is 0 Å². The van der Waals surface area contributed by atoms with Crippen LogP contribution in [0.5, 0.6) is 0 Å². The van der Waals surface area contributed by atoms with Crippen molar-refractivity contribution in [3.63, 3.8) is 0 Å². The van der Waals surface area contributed by atoms with Crippen LogP contribution >= 0.6 is 12.4 Å². The Morgan fingerprint density at radius 3 is 2.23 bits per heavy atom. The highest BCUT2D eigenvalue weighted by Crippen LogP contribution is 2.32. The predicted molar refractivity (Wildman–Crippen MR) is 93.3 cm³/mol. The standard InChI is InChI=1S/C18H32N2O.ClH/c1-14(15-5-3-2-4-6-15)11-18(21)20-9-7-16-12-19-13-17(16)8-10-20;/h14-17,19H,2-13H2,1H3;1H/t14?,16-,17+;. The zero-order valence-electron chi connectivity index (χ0n) is 14.1. The van der Waals surface area contributed by atoms with Gasteiger partial charge in [-0.25, -0.2) is 0 Å². The van der Waals surface area contributed by atoms with Crippen molar-refractivity contribution >= 4 is 18.3 Å². The lowest BCUT2D eigenvalue weighted by atomic mass is 9.79. The Bertz CT molecular complexity index is 343. The molecule has 1 amide bonds. The average molecular weight is 329 g/mol. The quantitative estimate of drug-likeness (QED) is 0.860. The molecule has 2 saturated heterocycles. The van der Waals surface area contributed by atoms with E-state index in [1.165, 1.54) is 58.0 Å². The van der Waals surface area contributed by atoms with Gasteiger partial charge in [-0.2, -0.15) is 0 Å². The first-order chi connectivity index (χ1) is 10.2. The minimum atomic E-state index is 0. The first-order valence-electron chi connectivity index (χ1n) is 9.22. The van der Waals surface area contributed by atoms with Crippen molar-refractivity contribution in [2.45, 2.75) is 58.3 Å². The summed E-state index contributed by atoms with van der Waals surface area (Å²) >= 11 is 0. The van der Waals surface area contributed by atoms with Crippen LogP contribution in [-0.2, 0) is 4.79 Å². The van der Waals surface area contributed by atoms with E-state index in [9.17, 15) is 4.79 Å². The Balaban J connectivity index is 0.00000176. The molecule has 0 spiro atoms. The second kappa shape index (κ2) is 8.54. The molecule has 0 radical (unpaired) electrons. The molecule has 3 atom stereocenters. The molecule has 0 aromatic heterocycles. The molecule has 3 rings (SSSR count). The van der Waals surface area contributed by atoms with Crippen LogP contribution in [0, 0.1) is 23.7 Å². The third-order valence-corrected chi connectivity index (χ3v) is 6.32. The summed E-state index contributed by atoms with van der Waals surface area (Å²) in [5, 5.41) is 3.51. The van der Waals surface area contributed by atoms with Crippen molar-refractivity contribution in [1.29, 1.82) is 0 Å². The molecule has 3 fully saturated rings. The molecule has 2 aliphatic heterocycles. The number of nitrogens with one attached hydrogen (secondary N) is 1. The largest absolute Gasteiger partial charge is 0.343 e. The van der Waals surface area contributed by atoms with Gasteiger partial charge in [0, 0.05) is 19.5 Å². The van der Waals surface area contributed by atoms with Crippen molar-refractivity contribution in [3.05, 3.63) is 0 Å². The third-order valence-electron chi connectivity index (χ3n) is 6.32. The number of carbonyl (C=O) groups excluding carboxylic acids is 1. The van der Waals surface area contributed by atoms with E-state index in [1.807, 2.05) is 0 Å². The number of hydrogen-bond donors (Lipinski definition) is 1. The summed E-state index contributed by atoms with van der Waals surface area (Å²) in [6.07, 6.45) is 10.1. The van der Waals surface area contributed by atoms with E-state index in [0.717, 1.165) is 37.3 Å². The predicted octanol–water partition coefficient (Wildman–Crippen LogP) is 3.47. The molecule has 4 heteroatoms. The first-order valence-corrected chi connectivity index (χ1v) is 9.22. The maximum Gasteiger partial charge on any atom is 0.222 e. The molecular weight excluding hydrogens is 296 g/mol. The Hall–Kier alpha value is -0.280. The zero-order valence-corrected chi connectivity index (χ0v) is 14.9. The Morgan fingerprint density at radius 2 is 1.64 bits per heavy atom. The summed E-state index contributed by atoms with van der Waals surface area (Å²) in [5.74, 6) is 3.46. The lowest BCUT2D eigenvalue weighted by Gasteiger charge is -2.29. The van der Waals surface area contributed by atoms with Crippen molar-refractivity contribution in [3.8, 4) is 0 Å². The SMILES string of the molecule is CC(CC(=O)N1CC[C@@H]2CNC[C@@H]2CC1)C1CCCCC1.Cl. The van der Waals surface area contributed by atoms with Gasteiger partial charge < -0.3 is 10.2 Å². The fourth-order valence-electron chi connectivity index (χ4n) is 4.74. The van der Waals surface area contributed by atoms with E-state index in [1.54, 1.807) is 0 Å². The van der Waals surface area contributed by atoms with Crippen molar-refractivity contribution in [2.75, 3.05) is 26.2 Å². The van der Waals surface area contributed by atoms with Gasteiger partial charge in [-0.3, -0.25) is 4.79 Å². The highest BCUT2D eigenvalue weighted by molar-refractivity contribution is 5.85. The number of halogens is 1.